The van der Waals surface area contributed by atoms with Gasteiger partial charge in [0.2, 0.25) is 0 Å². The lowest BCUT2D eigenvalue weighted by Crippen LogP contribution is -2.79. The molecule has 0 radical (unpaired) electrons. The van der Waals surface area contributed by atoms with Crippen molar-refractivity contribution in [2.75, 3.05) is 21.3 Å². The third-order valence-electron chi connectivity index (χ3n) is 1.34. The summed E-state index contributed by atoms with van der Waals surface area (Å²) in [7, 11) is 1.08. The highest BCUT2D eigenvalue weighted by Gasteiger charge is 2.53. The Kier molecular flexibility index (Phi) is 3.58. The summed E-state index contributed by atoms with van der Waals surface area (Å²) in [5.74, 6) is 0. The predicted molar refractivity (Wildman–Crippen MR) is 42.1 cm³/mol. The molecule has 0 heterocycles. The monoisotopic (exact) mass is 181 g/mol. The molecule has 0 spiro atoms. The van der Waals surface area contributed by atoms with Crippen LogP contribution in [0.5, 0.6) is 0 Å². The van der Waals surface area contributed by atoms with Gasteiger partial charge in [-0.25, -0.2) is 0 Å². The van der Waals surface area contributed by atoms with Gasteiger partial charge in [-0.2, -0.15) is 0 Å². The van der Waals surface area contributed by atoms with E-state index in [1.54, 1.807) is 0 Å². The van der Waals surface area contributed by atoms with Crippen molar-refractivity contribution in [1.82, 2.24) is 0 Å². The van der Waals surface area contributed by atoms with E-state index in [1.807, 2.05) is 0 Å². The zero-order chi connectivity index (χ0) is 9.12. The van der Waals surface area contributed by atoms with Crippen molar-refractivity contribution >= 4 is 8.80 Å². The SMILES string of the molecule is CO[Si](OC)(OC)C(N)(N)N. The minimum Gasteiger partial charge on any atom is -0.374 e. The van der Waals surface area contributed by atoms with Crippen molar-refractivity contribution in [3.63, 3.8) is 0 Å². The lowest BCUT2D eigenvalue weighted by atomic mass is 11.0. The summed E-state index contributed by atoms with van der Waals surface area (Å²) in [4.78, 5) is 0. The molecule has 6 nitrogen and oxygen atoms in total. The van der Waals surface area contributed by atoms with Crippen LogP contribution in [-0.2, 0) is 13.3 Å². The maximum atomic E-state index is 5.39. The summed E-state index contributed by atoms with van der Waals surface area (Å²) in [6.07, 6.45) is 0. The molecule has 0 fully saturated rings. The molecule has 0 rings (SSSR count). The molecule has 0 aromatic heterocycles. The molecule has 0 unspecified atom stereocenters. The summed E-state index contributed by atoms with van der Waals surface area (Å²) in [5, 5.41) is 0. The Morgan fingerprint density at radius 3 is 1.18 bits per heavy atom. The molecule has 7 heteroatoms. The highest BCUT2D eigenvalue weighted by atomic mass is 28.4. The minimum absolute atomic E-state index is 1.39. The van der Waals surface area contributed by atoms with Gasteiger partial charge in [0.15, 0.2) is 5.41 Å². The van der Waals surface area contributed by atoms with Crippen LogP contribution in [0.2, 0.25) is 0 Å². The predicted octanol–water partition coefficient (Wildman–Crippen LogP) is -2.07. The Labute approximate surface area is 66.9 Å². The molecular weight excluding hydrogens is 166 g/mol. The first kappa shape index (κ1) is 11.0. The standard InChI is InChI=1S/C4H15N3O3Si/c1-8-11(9-2,10-3)4(5,6)7/h5-7H2,1-3H3. The van der Waals surface area contributed by atoms with E-state index in [0.717, 1.165) is 0 Å². The number of hydrogen-bond donors (Lipinski definition) is 3. The lowest BCUT2D eigenvalue weighted by molar-refractivity contribution is 0.0935. The van der Waals surface area contributed by atoms with Crippen molar-refractivity contribution in [3.8, 4) is 0 Å². The van der Waals surface area contributed by atoms with Crippen molar-refractivity contribution in [2.45, 2.75) is 5.41 Å². The normalized spacial score (nSPS) is 13.6. The third-order valence-corrected chi connectivity index (χ3v) is 4.01. The quantitative estimate of drug-likeness (QED) is 0.340. The molecule has 6 N–H and O–H groups in total. The van der Waals surface area contributed by atoms with Crippen LogP contribution in [0.1, 0.15) is 0 Å². The Morgan fingerprint density at radius 1 is 0.909 bits per heavy atom. The Morgan fingerprint density at radius 2 is 1.18 bits per heavy atom. The zero-order valence-electron chi connectivity index (χ0n) is 6.96. The summed E-state index contributed by atoms with van der Waals surface area (Å²) in [5.41, 5.74) is 14.6. The third kappa shape index (κ3) is 1.96. The highest BCUT2D eigenvalue weighted by Crippen LogP contribution is 2.10. The van der Waals surface area contributed by atoms with Crippen LogP contribution in [0.3, 0.4) is 0 Å². The molecule has 0 aliphatic heterocycles. The molecule has 0 saturated carbocycles. The topological polar surface area (TPSA) is 106 Å². The molecule has 0 aliphatic carbocycles. The average Bonchev–Trinajstić information content (AvgIpc) is 1.90. The molecule has 68 valence electrons. The van der Waals surface area contributed by atoms with E-state index in [9.17, 15) is 0 Å². The van der Waals surface area contributed by atoms with Crippen LogP contribution in [0.15, 0.2) is 0 Å². The van der Waals surface area contributed by atoms with Gasteiger partial charge in [-0.05, 0) is 0 Å². The van der Waals surface area contributed by atoms with Crippen LogP contribution in [-0.4, -0.2) is 35.5 Å². The van der Waals surface area contributed by atoms with E-state index >= 15 is 0 Å². The molecule has 0 aromatic carbocycles. The first-order valence-electron chi connectivity index (χ1n) is 2.95. The second kappa shape index (κ2) is 3.58. The lowest BCUT2D eigenvalue weighted by Gasteiger charge is -2.34. The maximum Gasteiger partial charge on any atom is 0.552 e. The Balaban J connectivity index is 4.54. The van der Waals surface area contributed by atoms with Crippen LogP contribution in [0, 0.1) is 0 Å². The van der Waals surface area contributed by atoms with Gasteiger partial charge in [0, 0.05) is 21.3 Å². The highest BCUT2D eigenvalue weighted by molar-refractivity contribution is 6.63. The second-order valence-electron chi connectivity index (χ2n) is 2.10. The first-order chi connectivity index (χ1) is 4.93. The summed E-state index contributed by atoms with van der Waals surface area (Å²) in [6.45, 7) is 0. The van der Waals surface area contributed by atoms with Gasteiger partial charge in [-0.15, -0.1) is 0 Å². The van der Waals surface area contributed by atoms with Gasteiger partial charge >= 0.3 is 8.80 Å². The van der Waals surface area contributed by atoms with Crippen LogP contribution >= 0.6 is 0 Å². The van der Waals surface area contributed by atoms with Crippen LogP contribution < -0.4 is 17.2 Å². The number of nitrogens with two attached hydrogens (primary N) is 3. The minimum atomic E-state index is -3.09. The molecule has 0 aliphatic rings. The fourth-order valence-corrected chi connectivity index (χ4v) is 2.34. The average molecular weight is 181 g/mol. The maximum absolute atomic E-state index is 5.39. The molecule has 0 saturated heterocycles. The molecule has 0 amide bonds. The van der Waals surface area contributed by atoms with Crippen molar-refractivity contribution in [2.24, 2.45) is 17.2 Å². The Hall–Kier alpha value is -0.0231. The van der Waals surface area contributed by atoms with E-state index in [0.29, 0.717) is 0 Å². The van der Waals surface area contributed by atoms with Gasteiger partial charge in [-0.3, -0.25) is 17.2 Å². The summed E-state index contributed by atoms with van der Waals surface area (Å²) < 4.78 is 14.8. The molecule has 11 heavy (non-hydrogen) atoms. The van der Waals surface area contributed by atoms with E-state index in [4.69, 9.17) is 30.5 Å². The first-order valence-corrected chi connectivity index (χ1v) is 4.68. The molecular formula is C4H15N3O3Si. The smallest absolute Gasteiger partial charge is 0.374 e. The van der Waals surface area contributed by atoms with E-state index in [1.165, 1.54) is 21.3 Å². The van der Waals surface area contributed by atoms with Gasteiger partial charge in [0.05, 0.1) is 0 Å². The summed E-state index contributed by atoms with van der Waals surface area (Å²) in [6, 6.07) is 0. The van der Waals surface area contributed by atoms with Crippen molar-refractivity contribution < 1.29 is 13.3 Å². The van der Waals surface area contributed by atoms with Crippen LogP contribution in [0.25, 0.3) is 0 Å². The second-order valence-corrected chi connectivity index (χ2v) is 5.30. The summed E-state index contributed by atoms with van der Waals surface area (Å²) >= 11 is 0. The van der Waals surface area contributed by atoms with Crippen molar-refractivity contribution in [1.29, 1.82) is 0 Å². The zero-order valence-corrected chi connectivity index (χ0v) is 7.96. The molecule has 0 bridgehead atoms. The van der Waals surface area contributed by atoms with Gasteiger partial charge in [0.1, 0.15) is 0 Å². The molecule has 0 aromatic rings. The van der Waals surface area contributed by atoms with Crippen molar-refractivity contribution in [3.05, 3.63) is 0 Å². The van der Waals surface area contributed by atoms with Gasteiger partial charge in [0.25, 0.3) is 0 Å². The fourth-order valence-electron chi connectivity index (χ4n) is 0.780. The van der Waals surface area contributed by atoms with E-state index in [2.05, 4.69) is 0 Å². The number of hydrogen-bond acceptors (Lipinski definition) is 6. The van der Waals surface area contributed by atoms with Gasteiger partial charge in [-0.1, -0.05) is 0 Å². The van der Waals surface area contributed by atoms with E-state index in [-0.39, 0.29) is 0 Å². The number of rotatable bonds is 4. The van der Waals surface area contributed by atoms with Crippen LogP contribution in [0.4, 0.5) is 0 Å². The fraction of sp³-hybridized carbons (Fsp3) is 1.00. The van der Waals surface area contributed by atoms with Gasteiger partial charge < -0.3 is 13.3 Å². The largest absolute Gasteiger partial charge is 0.552 e. The molecule has 0 atom stereocenters. The Bertz CT molecular complexity index is 114. The van der Waals surface area contributed by atoms with E-state index < -0.39 is 14.2 Å².